The number of fused-ring (bicyclic) bond motifs is 1. The third-order valence-corrected chi connectivity index (χ3v) is 3.26. The molecule has 1 N–H and O–H groups in total. The minimum Gasteiger partial charge on any atom is -0.390 e. The lowest BCUT2D eigenvalue weighted by Gasteiger charge is -2.41. The van der Waals surface area contributed by atoms with Gasteiger partial charge in [0.1, 0.15) is 12.2 Å². The van der Waals surface area contributed by atoms with E-state index in [-0.39, 0.29) is 12.2 Å². The fourth-order valence-electron chi connectivity index (χ4n) is 2.32. The van der Waals surface area contributed by atoms with Crippen molar-refractivity contribution in [2.45, 2.75) is 31.0 Å². The van der Waals surface area contributed by atoms with Gasteiger partial charge in [-0.2, -0.15) is 0 Å². The fourth-order valence-corrected chi connectivity index (χ4v) is 2.32. The fraction of sp³-hybridized carbons (Fsp3) is 0.538. The predicted octanol–water partition coefficient (Wildman–Crippen LogP) is 1.25. The Bertz CT molecular complexity index is 367. The summed E-state index contributed by atoms with van der Waals surface area (Å²) in [6.45, 7) is 1.05. The molecule has 2 aliphatic heterocycles. The van der Waals surface area contributed by atoms with Gasteiger partial charge in [0.15, 0.2) is 6.29 Å². The Labute approximate surface area is 100 Å². The summed E-state index contributed by atoms with van der Waals surface area (Å²) in [5.41, 5.74) is 0.976. The van der Waals surface area contributed by atoms with Crippen LogP contribution in [0.25, 0.3) is 0 Å². The number of rotatable bonds is 1. The molecule has 4 atom stereocenters. The van der Waals surface area contributed by atoms with Crippen LogP contribution in [-0.2, 0) is 14.2 Å². The molecule has 1 aromatic carbocycles. The molecule has 0 spiro atoms. The molecule has 92 valence electrons. The van der Waals surface area contributed by atoms with Crippen molar-refractivity contribution in [3.05, 3.63) is 35.9 Å². The van der Waals surface area contributed by atoms with Crippen LogP contribution in [0.4, 0.5) is 0 Å². The molecule has 4 nitrogen and oxygen atoms in total. The van der Waals surface area contributed by atoms with Crippen molar-refractivity contribution in [1.29, 1.82) is 0 Å². The van der Waals surface area contributed by atoms with Gasteiger partial charge in [0.05, 0.1) is 12.7 Å². The van der Waals surface area contributed by atoms with Crippen LogP contribution in [-0.4, -0.2) is 36.6 Å². The van der Waals surface area contributed by atoms with E-state index in [1.165, 1.54) is 0 Å². The zero-order chi connectivity index (χ0) is 11.7. The molecule has 3 rings (SSSR count). The van der Waals surface area contributed by atoms with Gasteiger partial charge >= 0.3 is 0 Å². The smallest absolute Gasteiger partial charge is 0.184 e. The van der Waals surface area contributed by atoms with Crippen LogP contribution in [0.1, 0.15) is 18.3 Å². The Morgan fingerprint density at radius 2 is 1.94 bits per heavy atom. The van der Waals surface area contributed by atoms with Crippen molar-refractivity contribution < 1.29 is 19.3 Å². The van der Waals surface area contributed by atoms with Gasteiger partial charge < -0.3 is 19.3 Å². The maximum Gasteiger partial charge on any atom is 0.184 e. The van der Waals surface area contributed by atoms with Crippen LogP contribution in [0.3, 0.4) is 0 Å². The number of aliphatic hydroxyl groups excluding tert-OH is 1. The molecule has 2 aliphatic rings. The van der Waals surface area contributed by atoms with Crippen molar-refractivity contribution in [3.63, 3.8) is 0 Å². The molecule has 0 saturated carbocycles. The van der Waals surface area contributed by atoms with E-state index in [2.05, 4.69) is 0 Å². The zero-order valence-corrected chi connectivity index (χ0v) is 9.49. The average molecular weight is 236 g/mol. The Balaban J connectivity index is 1.74. The lowest BCUT2D eigenvalue weighted by Crippen LogP contribution is -2.52. The molecule has 2 heterocycles. The van der Waals surface area contributed by atoms with Crippen LogP contribution >= 0.6 is 0 Å². The first-order valence-electron chi connectivity index (χ1n) is 5.96. The van der Waals surface area contributed by atoms with Crippen molar-refractivity contribution in [2.24, 2.45) is 0 Å². The first kappa shape index (κ1) is 11.2. The highest BCUT2D eigenvalue weighted by atomic mass is 16.7. The predicted molar refractivity (Wildman–Crippen MR) is 60.4 cm³/mol. The van der Waals surface area contributed by atoms with E-state index in [9.17, 15) is 5.11 Å². The van der Waals surface area contributed by atoms with E-state index < -0.39 is 12.4 Å². The number of hydrogen-bond donors (Lipinski definition) is 1. The summed E-state index contributed by atoms with van der Waals surface area (Å²) in [5.74, 6) is 0. The Morgan fingerprint density at radius 3 is 2.76 bits per heavy atom. The maximum atomic E-state index is 9.91. The average Bonchev–Trinajstić information content (AvgIpc) is 2.40. The van der Waals surface area contributed by atoms with Gasteiger partial charge in [0.25, 0.3) is 0 Å². The summed E-state index contributed by atoms with van der Waals surface area (Å²) >= 11 is 0. The lowest BCUT2D eigenvalue weighted by molar-refractivity contribution is -0.298. The molecular formula is C13H16O4. The van der Waals surface area contributed by atoms with E-state index in [1.54, 1.807) is 0 Å². The zero-order valence-electron chi connectivity index (χ0n) is 9.49. The second-order valence-corrected chi connectivity index (χ2v) is 4.44. The highest BCUT2D eigenvalue weighted by molar-refractivity contribution is 5.16. The largest absolute Gasteiger partial charge is 0.390 e. The molecule has 0 bridgehead atoms. The molecule has 0 aromatic heterocycles. The van der Waals surface area contributed by atoms with Crippen molar-refractivity contribution in [2.75, 3.05) is 13.2 Å². The number of benzene rings is 1. The van der Waals surface area contributed by atoms with Gasteiger partial charge in [0.2, 0.25) is 0 Å². The molecule has 0 radical (unpaired) electrons. The highest BCUT2D eigenvalue weighted by Gasteiger charge is 2.40. The van der Waals surface area contributed by atoms with Crippen LogP contribution in [0.15, 0.2) is 30.3 Å². The normalized spacial score (nSPS) is 37.5. The van der Waals surface area contributed by atoms with E-state index in [4.69, 9.17) is 14.2 Å². The summed E-state index contributed by atoms with van der Waals surface area (Å²) < 4.78 is 16.9. The summed E-state index contributed by atoms with van der Waals surface area (Å²) in [6.07, 6.45) is -0.637. The van der Waals surface area contributed by atoms with Gasteiger partial charge in [-0.05, 0) is 6.42 Å². The van der Waals surface area contributed by atoms with Crippen LogP contribution in [0.2, 0.25) is 0 Å². The Kier molecular flexibility index (Phi) is 3.11. The molecular weight excluding hydrogens is 220 g/mol. The standard InChI is InChI=1S/C13H16O4/c14-10-6-7-15-11-8-16-13(17-12(10)11)9-4-2-1-3-5-9/h1-5,10-14H,6-8H2/t10?,11-,12+,13?/m1/s1. The van der Waals surface area contributed by atoms with E-state index in [0.717, 1.165) is 5.56 Å². The SMILES string of the molecule is OC1CCO[C@@H]2COC(c3ccccc3)O[C@@H]12. The lowest BCUT2D eigenvalue weighted by atomic mass is 10.0. The minimum atomic E-state index is -0.455. The van der Waals surface area contributed by atoms with Crippen LogP contribution in [0, 0.1) is 0 Å². The summed E-state index contributed by atoms with van der Waals surface area (Å²) in [6, 6.07) is 9.76. The van der Waals surface area contributed by atoms with Gasteiger partial charge in [0, 0.05) is 12.2 Å². The maximum absolute atomic E-state index is 9.91. The van der Waals surface area contributed by atoms with E-state index in [0.29, 0.717) is 19.6 Å². The topological polar surface area (TPSA) is 47.9 Å². The molecule has 0 aliphatic carbocycles. The Hall–Kier alpha value is -0.940. The third kappa shape index (κ3) is 2.21. The van der Waals surface area contributed by atoms with Crippen molar-refractivity contribution >= 4 is 0 Å². The molecule has 2 unspecified atom stereocenters. The van der Waals surface area contributed by atoms with E-state index >= 15 is 0 Å². The van der Waals surface area contributed by atoms with Crippen LogP contribution < -0.4 is 0 Å². The van der Waals surface area contributed by atoms with Crippen molar-refractivity contribution in [1.82, 2.24) is 0 Å². The highest BCUT2D eigenvalue weighted by Crippen LogP contribution is 2.31. The third-order valence-electron chi connectivity index (χ3n) is 3.26. The first-order chi connectivity index (χ1) is 8.34. The molecule has 17 heavy (non-hydrogen) atoms. The summed E-state index contributed by atoms with van der Waals surface area (Å²) in [5, 5.41) is 9.91. The Morgan fingerprint density at radius 1 is 1.12 bits per heavy atom. The van der Waals surface area contributed by atoms with Gasteiger partial charge in [-0.3, -0.25) is 0 Å². The van der Waals surface area contributed by atoms with Gasteiger partial charge in [-0.25, -0.2) is 0 Å². The first-order valence-corrected chi connectivity index (χ1v) is 5.96. The molecule has 0 amide bonds. The van der Waals surface area contributed by atoms with Crippen LogP contribution in [0.5, 0.6) is 0 Å². The molecule has 4 heteroatoms. The molecule has 1 aromatic rings. The van der Waals surface area contributed by atoms with Gasteiger partial charge in [-0.1, -0.05) is 30.3 Å². The van der Waals surface area contributed by atoms with Crippen molar-refractivity contribution in [3.8, 4) is 0 Å². The molecule has 2 saturated heterocycles. The monoisotopic (exact) mass is 236 g/mol. The summed E-state index contributed by atoms with van der Waals surface area (Å²) in [7, 11) is 0. The van der Waals surface area contributed by atoms with Gasteiger partial charge in [-0.15, -0.1) is 0 Å². The quantitative estimate of drug-likeness (QED) is 0.797. The second kappa shape index (κ2) is 4.74. The minimum absolute atomic E-state index is 0.140. The molecule has 2 fully saturated rings. The summed E-state index contributed by atoms with van der Waals surface area (Å²) in [4.78, 5) is 0. The number of ether oxygens (including phenoxy) is 3. The van der Waals surface area contributed by atoms with E-state index in [1.807, 2.05) is 30.3 Å². The second-order valence-electron chi connectivity index (χ2n) is 4.44. The number of hydrogen-bond acceptors (Lipinski definition) is 4. The number of aliphatic hydroxyl groups is 1.